The van der Waals surface area contributed by atoms with Crippen LogP contribution in [-0.2, 0) is 0 Å². The monoisotopic (exact) mass is 330 g/mol. The van der Waals surface area contributed by atoms with Crippen LogP contribution in [0, 0.1) is 17.0 Å². The Morgan fingerprint density at radius 2 is 2.13 bits per heavy atom. The maximum atomic E-state index is 12.5. The van der Waals surface area contributed by atoms with Gasteiger partial charge in [-0.3, -0.25) is 19.3 Å². The van der Waals surface area contributed by atoms with Gasteiger partial charge in [0, 0.05) is 35.1 Å². The Kier molecular flexibility index (Phi) is 3.71. The summed E-state index contributed by atoms with van der Waals surface area (Å²) in [6, 6.07) is 9.05. The number of nitro groups is 1. The largest absolute Gasteiger partial charge is 0.320 e. The number of halogens is 1. The lowest BCUT2D eigenvalue weighted by molar-refractivity contribution is -0.384. The van der Waals surface area contributed by atoms with Crippen LogP contribution in [0.1, 0.15) is 16.2 Å². The van der Waals surface area contributed by atoms with Gasteiger partial charge in [-0.1, -0.05) is 17.7 Å². The number of carbonyl (C=O) groups is 1. The Morgan fingerprint density at radius 1 is 1.35 bits per heavy atom. The highest BCUT2D eigenvalue weighted by atomic mass is 35.5. The Bertz CT molecular complexity index is 936. The summed E-state index contributed by atoms with van der Waals surface area (Å²) in [5, 5.41) is 14.0. The van der Waals surface area contributed by atoms with Gasteiger partial charge in [0.25, 0.3) is 11.6 Å². The first-order valence-corrected chi connectivity index (χ1v) is 7.03. The number of imidazole rings is 1. The first-order valence-electron chi connectivity index (χ1n) is 6.66. The van der Waals surface area contributed by atoms with E-state index in [0.29, 0.717) is 27.7 Å². The average molecular weight is 331 g/mol. The van der Waals surface area contributed by atoms with Gasteiger partial charge in [0.1, 0.15) is 11.3 Å². The molecule has 1 N–H and O–H groups in total. The number of amides is 1. The van der Waals surface area contributed by atoms with Gasteiger partial charge >= 0.3 is 0 Å². The standard InChI is InChI=1S/C15H11ClN4O3/c1-9-14(19-6-5-10(16)7-13(19)17-9)15(21)18-11-3-2-4-12(8-11)20(22)23/h2-8H,1H3,(H,18,21). The summed E-state index contributed by atoms with van der Waals surface area (Å²) < 4.78 is 1.62. The van der Waals surface area contributed by atoms with Gasteiger partial charge in [-0.2, -0.15) is 0 Å². The third-order valence-electron chi connectivity index (χ3n) is 3.29. The van der Waals surface area contributed by atoms with E-state index in [-0.39, 0.29) is 5.69 Å². The van der Waals surface area contributed by atoms with Crippen molar-refractivity contribution in [2.45, 2.75) is 6.92 Å². The molecule has 3 rings (SSSR count). The van der Waals surface area contributed by atoms with Crippen LogP contribution in [-0.4, -0.2) is 20.2 Å². The molecule has 1 aromatic carbocycles. The van der Waals surface area contributed by atoms with Gasteiger partial charge in [0.2, 0.25) is 0 Å². The van der Waals surface area contributed by atoms with E-state index in [1.165, 1.54) is 18.2 Å². The molecule has 0 aliphatic rings. The molecule has 2 heterocycles. The van der Waals surface area contributed by atoms with Crippen molar-refractivity contribution in [3.63, 3.8) is 0 Å². The maximum absolute atomic E-state index is 12.5. The first kappa shape index (κ1) is 15.0. The quantitative estimate of drug-likeness (QED) is 0.588. The first-order chi connectivity index (χ1) is 11.0. The highest BCUT2D eigenvalue weighted by Gasteiger charge is 2.17. The molecule has 7 nitrogen and oxygen atoms in total. The van der Waals surface area contributed by atoms with Gasteiger partial charge in [-0.25, -0.2) is 4.98 Å². The van der Waals surface area contributed by atoms with Crippen LogP contribution in [0.25, 0.3) is 5.65 Å². The van der Waals surface area contributed by atoms with E-state index < -0.39 is 10.8 Å². The predicted octanol–water partition coefficient (Wildman–Crippen LogP) is 3.46. The molecule has 8 heteroatoms. The Labute approximate surface area is 135 Å². The molecular formula is C15H11ClN4O3. The van der Waals surface area contributed by atoms with Crippen molar-refractivity contribution in [3.8, 4) is 0 Å². The van der Waals surface area contributed by atoms with Gasteiger partial charge in [-0.15, -0.1) is 0 Å². The number of aromatic nitrogens is 2. The van der Waals surface area contributed by atoms with Crippen molar-refractivity contribution in [2.24, 2.45) is 0 Å². The zero-order valence-electron chi connectivity index (χ0n) is 12.0. The van der Waals surface area contributed by atoms with Gasteiger partial charge in [0.05, 0.1) is 10.6 Å². The number of hydrogen-bond donors (Lipinski definition) is 1. The van der Waals surface area contributed by atoms with Crippen molar-refractivity contribution in [1.82, 2.24) is 9.38 Å². The number of anilines is 1. The van der Waals surface area contributed by atoms with Gasteiger partial charge in [-0.05, 0) is 19.1 Å². The summed E-state index contributed by atoms with van der Waals surface area (Å²) in [6.45, 7) is 1.71. The van der Waals surface area contributed by atoms with E-state index in [2.05, 4.69) is 10.3 Å². The van der Waals surface area contributed by atoms with Gasteiger partial charge in [0.15, 0.2) is 0 Å². The van der Waals surface area contributed by atoms with Crippen molar-refractivity contribution in [2.75, 3.05) is 5.32 Å². The molecule has 1 amide bonds. The minimum absolute atomic E-state index is 0.0931. The summed E-state index contributed by atoms with van der Waals surface area (Å²) in [5.74, 6) is -0.405. The molecule has 0 saturated carbocycles. The number of nitro benzene ring substituents is 1. The highest BCUT2D eigenvalue weighted by Crippen LogP contribution is 2.20. The molecule has 116 valence electrons. The molecule has 23 heavy (non-hydrogen) atoms. The predicted molar refractivity (Wildman–Crippen MR) is 86.0 cm³/mol. The normalized spacial score (nSPS) is 10.7. The van der Waals surface area contributed by atoms with Crippen LogP contribution in [0.15, 0.2) is 42.6 Å². The zero-order valence-corrected chi connectivity index (χ0v) is 12.7. The van der Waals surface area contributed by atoms with E-state index in [1.807, 2.05) is 0 Å². The Balaban J connectivity index is 1.96. The summed E-state index contributed by atoms with van der Waals surface area (Å²) in [6.07, 6.45) is 1.65. The number of aryl methyl sites for hydroxylation is 1. The molecule has 3 aromatic rings. The second kappa shape index (κ2) is 5.69. The summed E-state index contributed by atoms with van der Waals surface area (Å²) in [5.41, 5.74) is 1.69. The summed E-state index contributed by atoms with van der Waals surface area (Å²) >= 11 is 5.92. The molecular weight excluding hydrogens is 320 g/mol. The second-order valence-electron chi connectivity index (χ2n) is 4.88. The maximum Gasteiger partial charge on any atom is 0.274 e. The number of rotatable bonds is 3. The SMILES string of the molecule is Cc1nc2cc(Cl)ccn2c1C(=O)Nc1cccc([N+](=O)[O-])c1. The van der Waals surface area contributed by atoms with Crippen molar-refractivity contribution in [1.29, 1.82) is 0 Å². The van der Waals surface area contributed by atoms with Crippen LogP contribution >= 0.6 is 11.6 Å². The van der Waals surface area contributed by atoms with E-state index in [1.54, 1.807) is 35.7 Å². The minimum atomic E-state index is -0.517. The van der Waals surface area contributed by atoms with E-state index in [9.17, 15) is 14.9 Å². The molecule has 0 unspecified atom stereocenters. The van der Waals surface area contributed by atoms with Crippen LogP contribution in [0.5, 0.6) is 0 Å². The fourth-order valence-corrected chi connectivity index (χ4v) is 2.45. The minimum Gasteiger partial charge on any atom is -0.320 e. The van der Waals surface area contributed by atoms with Crippen molar-refractivity contribution >= 4 is 34.5 Å². The molecule has 0 radical (unpaired) electrons. The van der Waals surface area contributed by atoms with Crippen LogP contribution in [0.3, 0.4) is 0 Å². The Hall–Kier alpha value is -2.93. The molecule has 0 fully saturated rings. The smallest absolute Gasteiger partial charge is 0.274 e. The lowest BCUT2D eigenvalue weighted by atomic mass is 10.2. The number of non-ortho nitro benzene ring substituents is 1. The molecule has 0 atom stereocenters. The average Bonchev–Trinajstić information content (AvgIpc) is 2.82. The topological polar surface area (TPSA) is 89.5 Å². The van der Waals surface area contributed by atoms with Gasteiger partial charge < -0.3 is 5.32 Å². The highest BCUT2D eigenvalue weighted by molar-refractivity contribution is 6.30. The van der Waals surface area contributed by atoms with E-state index >= 15 is 0 Å². The third-order valence-corrected chi connectivity index (χ3v) is 3.53. The zero-order chi connectivity index (χ0) is 16.6. The number of nitrogens with one attached hydrogen (secondary N) is 1. The number of carbonyl (C=O) groups excluding carboxylic acids is 1. The fraction of sp³-hybridized carbons (Fsp3) is 0.0667. The summed E-state index contributed by atoms with van der Waals surface area (Å²) in [7, 11) is 0. The molecule has 2 aromatic heterocycles. The van der Waals surface area contributed by atoms with Crippen LogP contribution in [0.4, 0.5) is 11.4 Å². The van der Waals surface area contributed by atoms with Crippen LogP contribution < -0.4 is 5.32 Å². The van der Waals surface area contributed by atoms with Crippen LogP contribution in [0.2, 0.25) is 5.02 Å². The number of nitrogens with zero attached hydrogens (tertiary/aromatic N) is 3. The second-order valence-corrected chi connectivity index (χ2v) is 5.32. The number of benzene rings is 1. The number of hydrogen-bond acceptors (Lipinski definition) is 4. The van der Waals surface area contributed by atoms with Crippen molar-refractivity contribution < 1.29 is 9.72 Å². The van der Waals surface area contributed by atoms with E-state index in [4.69, 9.17) is 11.6 Å². The Morgan fingerprint density at radius 3 is 2.87 bits per heavy atom. The molecule has 0 saturated heterocycles. The van der Waals surface area contributed by atoms with Crippen molar-refractivity contribution in [3.05, 3.63) is 69.1 Å². The third kappa shape index (κ3) is 2.86. The fourth-order valence-electron chi connectivity index (χ4n) is 2.30. The number of pyridine rings is 1. The molecule has 0 aliphatic carbocycles. The van der Waals surface area contributed by atoms with E-state index in [0.717, 1.165) is 0 Å². The summed E-state index contributed by atoms with van der Waals surface area (Å²) in [4.78, 5) is 27.1. The lowest BCUT2D eigenvalue weighted by Crippen LogP contribution is -2.15. The number of fused-ring (bicyclic) bond motifs is 1. The molecule has 0 bridgehead atoms. The molecule has 0 spiro atoms. The lowest BCUT2D eigenvalue weighted by Gasteiger charge is -2.06. The molecule has 0 aliphatic heterocycles.